The molecule has 0 heterocycles. The second-order valence-corrected chi connectivity index (χ2v) is 6.03. The van der Waals surface area contributed by atoms with Gasteiger partial charge in [0.05, 0.1) is 6.54 Å². The number of carbonyl (C=O) groups excluding carboxylic acids is 1. The standard InChI is InChI=1S/C16H25FN4OS.HI/c1-3-9-19-15(22)12-21-16(18-2)20-10-4-11-23-14-7-5-13(17)6-8-14;/h5-8H,3-4,9-12H2,1-2H3,(H,19,22)(H2,18,20,21);1H. The summed E-state index contributed by atoms with van der Waals surface area (Å²) in [5.74, 6) is 1.28. The van der Waals surface area contributed by atoms with E-state index in [4.69, 9.17) is 0 Å². The first kappa shape index (κ1) is 23.0. The Morgan fingerprint density at radius 2 is 1.88 bits per heavy atom. The maximum Gasteiger partial charge on any atom is 0.239 e. The van der Waals surface area contributed by atoms with E-state index >= 15 is 0 Å². The Morgan fingerprint density at radius 3 is 2.50 bits per heavy atom. The number of halogens is 2. The van der Waals surface area contributed by atoms with E-state index in [0.717, 1.165) is 30.0 Å². The van der Waals surface area contributed by atoms with Gasteiger partial charge in [0.1, 0.15) is 5.82 Å². The Balaban J connectivity index is 0.00000529. The van der Waals surface area contributed by atoms with E-state index in [2.05, 4.69) is 20.9 Å². The minimum atomic E-state index is -0.214. The van der Waals surface area contributed by atoms with Gasteiger partial charge < -0.3 is 16.0 Å². The SMILES string of the molecule is CCCNC(=O)CNC(=NC)NCCCSc1ccc(F)cc1.I. The molecule has 1 rings (SSSR count). The van der Waals surface area contributed by atoms with Gasteiger partial charge >= 0.3 is 0 Å². The van der Waals surface area contributed by atoms with E-state index in [1.54, 1.807) is 30.9 Å². The summed E-state index contributed by atoms with van der Waals surface area (Å²) in [6.45, 7) is 3.67. The average Bonchev–Trinajstić information content (AvgIpc) is 2.57. The Kier molecular flexibility index (Phi) is 13.7. The average molecular weight is 468 g/mol. The van der Waals surface area contributed by atoms with E-state index in [1.807, 2.05) is 6.92 Å². The molecule has 8 heteroatoms. The molecular weight excluding hydrogens is 442 g/mol. The summed E-state index contributed by atoms with van der Waals surface area (Å²) in [6, 6.07) is 6.50. The lowest BCUT2D eigenvalue weighted by atomic mass is 10.4. The van der Waals surface area contributed by atoms with E-state index in [-0.39, 0.29) is 42.2 Å². The predicted octanol–water partition coefficient (Wildman–Crippen LogP) is 2.62. The van der Waals surface area contributed by atoms with Crippen LogP contribution >= 0.6 is 35.7 Å². The van der Waals surface area contributed by atoms with Crippen molar-refractivity contribution in [2.24, 2.45) is 4.99 Å². The van der Waals surface area contributed by atoms with Crippen molar-refractivity contribution in [2.75, 3.05) is 32.4 Å². The van der Waals surface area contributed by atoms with Gasteiger partial charge in [-0.15, -0.1) is 35.7 Å². The fraction of sp³-hybridized carbons (Fsp3) is 0.500. The molecule has 0 aliphatic carbocycles. The van der Waals surface area contributed by atoms with Gasteiger partial charge in [-0.3, -0.25) is 9.79 Å². The number of benzene rings is 1. The predicted molar refractivity (Wildman–Crippen MR) is 110 cm³/mol. The third-order valence-electron chi connectivity index (χ3n) is 2.91. The lowest BCUT2D eigenvalue weighted by molar-refractivity contribution is -0.120. The highest BCUT2D eigenvalue weighted by atomic mass is 127. The van der Waals surface area contributed by atoms with Gasteiger partial charge in [0.2, 0.25) is 5.91 Å². The third kappa shape index (κ3) is 10.7. The second-order valence-electron chi connectivity index (χ2n) is 4.86. The summed E-state index contributed by atoms with van der Waals surface area (Å²) < 4.78 is 12.8. The lowest BCUT2D eigenvalue weighted by Crippen LogP contribution is -2.43. The largest absolute Gasteiger partial charge is 0.356 e. The molecule has 0 atom stereocenters. The van der Waals surface area contributed by atoms with Crippen molar-refractivity contribution >= 4 is 47.6 Å². The van der Waals surface area contributed by atoms with Gasteiger partial charge in [0.25, 0.3) is 0 Å². The summed E-state index contributed by atoms with van der Waals surface area (Å²) in [4.78, 5) is 16.6. The fourth-order valence-electron chi connectivity index (χ4n) is 1.71. The van der Waals surface area contributed by atoms with Gasteiger partial charge in [-0.2, -0.15) is 0 Å². The van der Waals surface area contributed by atoms with Crippen LogP contribution in [0.3, 0.4) is 0 Å². The quantitative estimate of drug-likeness (QED) is 0.172. The molecule has 3 N–H and O–H groups in total. The Morgan fingerprint density at radius 1 is 1.17 bits per heavy atom. The molecule has 1 aromatic rings. The number of guanidine groups is 1. The van der Waals surface area contributed by atoms with Crippen LogP contribution in [0.15, 0.2) is 34.2 Å². The number of aliphatic imine (C=N–C) groups is 1. The number of amides is 1. The summed E-state index contributed by atoms with van der Waals surface area (Å²) in [5, 5.41) is 8.93. The highest BCUT2D eigenvalue weighted by Gasteiger charge is 2.02. The van der Waals surface area contributed by atoms with Gasteiger partial charge in [-0.25, -0.2) is 4.39 Å². The van der Waals surface area contributed by atoms with E-state index in [0.29, 0.717) is 12.5 Å². The van der Waals surface area contributed by atoms with Crippen LogP contribution < -0.4 is 16.0 Å². The molecule has 0 bridgehead atoms. The van der Waals surface area contributed by atoms with Crippen molar-refractivity contribution in [1.82, 2.24) is 16.0 Å². The van der Waals surface area contributed by atoms with Gasteiger partial charge in [-0.1, -0.05) is 6.92 Å². The van der Waals surface area contributed by atoms with E-state index in [1.165, 1.54) is 12.1 Å². The highest BCUT2D eigenvalue weighted by Crippen LogP contribution is 2.18. The van der Waals surface area contributed by atoms with E-state index in [9.17, 15) is 9.18 Å². The maximum absolute atomic E-state index is 12.8. The van der Waals surface area contributed by atoms with Crippen molar-refractivity contribution in [1.29, 1.82) is 0 Å². The van der Waals surface area contributed by atoms with Crippen molar-refractivity contribution < 1.29 is 9.18 Å². The van der Waals surface area contributed by atoms with Crippen LogP contribution in [0.25, 0.3) is 0 Å². The van der Waals surface area contributed by atoms with Crippen molar-refractivity contribution in [2.45, 2.75) is 24.7 Å². The molecule has 0 aromatic heterocycles. The summed E-state index contributed by atoms with van der Waals surface area (Å²) in [7, 11) is 1.67. The zero-order valence-electron chi connectivity index (χ0n) is 14.1. The molecule has 5 nitrogen and oxygen atoms in total. The second kappa shape index (κ2) is 14.3. The number of hydrogen-bond donors (Lipinski definition) is 3. The first-order chi connectivity index (χ1) is 11.2. The summed E-state index contributed by atoms with van der Waals surface area (Å²) >= 11 is 1.68. The Hall–Kier alpha value is -1.03. The molecule has 0 unspecified atom stereocenters. The minimum Gasteiger partial charge on any atom is -0.356 e. The van der Waals surface area contributed by atoms with Crippen LogP contribution in [0.1, 0.15) is 19.8 Å². The fourth-order valence-corrected chi connectivity index (χ4v) is 2.56. The monoisotopic (exact) mass is 468 g/mol. The van der Waals surface area contributed by atoms with Crippen molar-refractivity contribution in [3.05, 3.63) is 30.1 Å². The Bertz CT molecular complexity index is 499. The highest BCUT2D eigenvalue weighted by molar-refractivity contribution is 14.0. The molecule has 0 fully saturated rings. The first-order valence-electron chi connectivity index (χ1n) is 7.75. The van der Waals surface area contributed by atoms with Crippen LogP contribution in [0, 0.1) is 5.82 Å². The number of thioether (sulfide) groups is 1. The molecular formula is C16H26FIN4OS. The molecule has 1 aromatic carbocycles. The van der Waals surface area contributed by atoms with Gasteiger partial charge in [0, 0.05) is 25.0 Å². The van der Waals surface area contributed by atoms with Gasteiger partial charge in [-0.05, 0) is 42.9 Å². The molecule has 136 valence electrons. The van der Waals surface area contributed by atoms with E-state index < -0.39 is 0 Å². The molecule has 0 aliphatic rings. The zero-order chi connectivity index (χ0) is 16.9. The number of nitrogens with zero attached hydrogens (tertiary/aromatic N) is 1. The number of nitrogens with one attached hydrogen (secondary N) is 3. The smallest absolute Gasteiger partial charge is 0.239 e. The minimum absolute atomic E-state index is 0. The van der Waals surface area contributed by atoms with Crippen LogP contribution in [0.5, 0.6) is 0 Å². The molecule has 1 amide bonds. The van der Waals surface area contributed by atoms with Crippen LogP contribution in [0.2, 0.25) is 0 Å². The summed E-state index contributed by atoms with van der Waals surface area (Å²) in [6.07, 6.45) is 1.86. The lowest BCUT2D eigenvalue weighted by Gasteiger charge is -2.11. The number of carbonyl (C=O) groups is 1. The normalized spacial score (nSPS) is 10.7. The number of rotatable bonds is 9. The topological polar surface area (TPSA) is 65.5 Å². The molecule has 0 saturated carbocycles. The molecule has 0 spiro atoms. The number of hydrogen-bond acceptors (Lipinski definition) is 3. The van der Waals surface area contributed by atoms with Gasteiger partial charge in [0.15, 0.2) is 5.96 Å². The van der Waals surface area contributed by atoms with Crippen LogP contribution in [-0.4, -0.2) is 44.3 Å². The van der Waals surface area contributed by atoms with Crippen LogP contribution in [0.4, 0.5) is 4.39 Å². The first-order valence-corrected chi connectivity index (χ1v) is 8.74. The zero-order valence-corrected chi connectivity index (χ0v) is 17.2. The van der Waals surface area contributed by atoms with Crippen molar-refractivity contribution in [3.63, 3.8) is 0 Å². The third-order valence-corrected chi connectivity index (χ3v) is 4.01. The Labute approximate surface area is 164 Å². The summed E-state index contributed by atoms with van der Waals surface area (Å²) in [5.41, 5.74) is 0. The van der Waals surface area contributed by atoms with Crippen LogP contribution in [-0.2, 0) is 4.79 Å². The van der Waals surface area contributed by atoms with Crippen molar-refractivity contribution in [3.8, 4) is 0 Å². The maximum atomic E-state index is 12.8. The molecule has 24 heavy (non-hydrogen) atoms. The molecule has 0 aliphatic heterocycles. The molecule has 0 radical (unpaired) electrons. The molecule has 0 saturated heterocycles.